The van der Waals surface area contributed by atoms with Gasteiger partial charge in [0, 0.05) is 37.6 Å². The first-order valence-corrected chi connectivity index (χ1v) is 8.28. The molecular formula is C17H24ClN3O2. The summed E-state index contributed by atoms with van der Waals surface area (Å²) in [6.07, 6.45) is 1.06. The summed E-state index contributed by atoms with van der Waals surface area (Å²) in [5.74, 6) is -0.200. The molecule has 0 aliphatic carbocycles. The molecular weight excluding hydrogens is 314 g/mol. The Bertz CT molecular complexity index is 563. The zero-order valence-corrected chi connectivity index (χ0v) is 14.5. The molecule has 1 N–H and O–H groups in total. The van der Waals surface area contributed by atoms with Crippen molar-refractivity contribution >= 4 is 23.4 Å². The first-order valence-electron chi connectivity index (χ1n) is 7.90. The van der Waals surface area contributed by atoms with Gasteiger partial charge < -0.3 is 15.1 Å². The SMILES string of the molecule is CN(C)CCNC(=O)C1CC(=O)N(CCc2cccc(Cl)c2)C1. The number of likely N-dealkylation sites (N-methyl/N-ethyl adjacent to an activating group) is 1. The first kappa shape index (κ1) is 17.8. The van der Waals surface area contributed by atoms with Crippen molar-refractivity contribution in [3.05, 3.63) is 34.9 Å². The van der Waals surface area contributed by atoms with Gasteiger partial charge in [-0.3, -0.25) is 9.59 Å². The van der Waals surface area contributed by atoms with E-state index < -0.39 is 0 Å². The Morgan fingerprint density at radius 1 is 1.43 bits per heavy atom. The Morgan fingerprint density at radius 3 is 2.91 bits per heavy atom. The number of nitrogens with zero attached hydrogens (tertiary/aromatic N) is 2. The van der Waals surface area contributed by atoms with Crippen LogP contribution in [-0.4, -0.2) is 61.9 Å². The zero-order valence-electron chi connectivity index (χ0n) is 13.7. The topological polar surface area (TPSA) is 52.7 Å². The summed E-state index contributed by atoms with van der Waals surface area (Å²) < 4.78 is 0. The molecule has 1 unspecified atom stereocenters. The smallest absolute Gasteiger partial charge is 0.225 e. The quantitative estimate of drug-likeness (QED) is 0.818. The van der Waals surface area contributed by atoms with Gasteiger partial charge in [0.1, 0.15) is 0 Å². The highest BCUT2D eigenvalue weighted by atomic mass is 35.5. The van der Waals surface area contributed by atoms with Gasteiger partial charge in [0.05, 0.1) is 5.92 Å². The van der Waals surface area contributed by atoms with Crippen LogP contribution in [-0.2, 0) is 16.0 Å². The molecule has 1 heterocycles. The molecule has 6 heteroatoms. The van der Waals surface area contributed by atoms with E-state index in [1.165, 1.54) is 0 Å². The third-order valence-corrected chi connectivity index (χ3v) is 4.24. The highest BCUT2D eigenvalue weighted by Crippen LogP contribution is 2.19. The molecule has 2 amide bonds. The molecule has 1 saturated heterocycles. The number of rotatable bonds is 7. The summed E-state index contributed by atoms with van der Waals surface area (Å²) in [4.78, 5) is 28.0. The van der Waals surface area contributed by atoms with E-state index in [1.54, 1.807) is 4.90 Å². The van der Waals surface area contributed by atoms with Gasteiger partial charge in [0.25, 0.3) is 0 Å². The van der Waals surface area contributed by atoms with Crippen LogP contribution < -0.4 is 5.32 Å². The molecule has 1 aliphatic rings. The minimum absolute atomic E-state index is 0.0227. The second kappa shape index (κ2) is 8.31. The maximum Gasteiger partial charge on any atom is 0.225 e. The molecule has 1 fully saturated rings. The van der Waals surface area contributed by atoms with Crippen LogP contribution in [0.15, 0.2) is 24.3 Å². The van der Waals surface area contributed by atoms with Crippen molar-refractivity contribution in [2.75, 3.05) is 40.3 Å². The van der Waals surface area contributed by atoms with Gasteiger partial charge in [-0.05, 0) is 38.2 Å². The molecule has 0 bridgehead atoms. The van der Waals surface area contributed by atoms with Crippen molar-refractivity contribution in [3.63, 3.8) is 0 Å². The van der Waals surface area contributed by atoms with E-state index in [2.05, 4.69) is 5.32 Å². The molecule has 1 atom stereocenters. The van der Waals surface area contributed by atoms with E-state index in [1.807, 2.05) is 43.3 Å². The molecule has 0 spiro atoms. The van der Waals surface area contributed by atoms with Gasteiger partial charge in [-0.25, -0.2) is 0 Å². The largest absolute Gasteiger partial charge is 0.355 e. The Labute approximate surface area is 142 Å². The lowest BCUT2D eigenvalue weighted by molar-refractivity contribution is -0.129. The van der Waals surface area contributed by atoms with Crippen molar-refractivity contribution in [1.29, 1.82) is 0 Å². The molecule has 23 heavy (non-hydrogen) atoms. The Balaban J connectivity index is 1.79. The molecule has 0 radical (unpaired) electrons. The first-order chi connectivity index (χ1) is 11.0. The maximum atomic E-state index is 12.1. The Hall–Kier alpha value is -1.59. The Kier molecular flexibility index (Phi) is 6.42. The lowest BCUT2D eigenvalue weighted by Gasteiger charge is -2.17. The van der Waals surface area contributed by atoms with Crippen molar-refractivity contribution in [3.8, 4) is 0 Å². The number of halogens is 1. The van der Waals surface area contributed by atoms with E-state index in [0.717, 1.165) is 18.5 Å². The fraction of sp³-hybridized carbons (Fsp3) is 0.529. The van der Waals surface area contributed by atoms with Crippen LogP contribution in [0.25, 0.3) is 0 Å². The molecule has 1 aliphatic heterocycles. The van der Waals surface area contributed by atoms with Crippen molar-refractivity contribution in [2.45, 2.75) is 12.8 Å². The lowest BCUT2D eigenvalue weighted by Crippen LogP contribution is -2.37. The molecule has 126 valence electrons. The fourth-order valence-electron chi connectivity index (χ4n) is 2.67. The maximum absolute atomic E-state index is 12.1. The summed E-state index contributed by atoms with van der Waals surface area (Å²) in [7, 11) is 3.92. The number of carbonyl (C=O) groups is 2. The average molecular weight is 338 g/mol. The standard InChI is InChI=1S/C17H24ClN3O2/c1-20(2)9-7-19-17(23)14-11-16(22)21(12-14)8-6-13-4-3-5-15(18)10-13/h3-5,10,14H,6-9,11-12H2,1-2H3,(H,19,23). The van der Waals surface area contributed by atoms with E-state index in [9.17, 15) is 9.59 Å². The highest BCUT2D eigenvalue weighted by Gasteiger charge is 2.33. The summed E-state index contributed by atoms with van der Waals surface area (Å²) in [5, 5.41) is 3.60. The molecule has 5 nitrogen and oxygen atoms in total. The van der Waals surface area contributed by atoms with E-state index in [-0.39, 0.29) is 17.7 Å². The van der Waals surface area contributed by atoms with Gasteiger partial charge in [-0.15, -0.1) is 0 Å². The van der Waals surface area contributed by atoms with E-state index in [4.69, 9.17) is 11.6 Å². The fourth-order valence-corrected chi connectivity index (χ4v) is 2.88. The molecule has 1 aromatic carbocycles. The Morgan fingerprint density at radius 2 is 2.22 bits per heavy atom. The van der Waals surface area contributed by atoms with Gasteiger partial charge in [-0.1, -0.05) is 23.7 Å². The summed E-state index contributed by atoms with van der Waals surface area (Å²) >= 11 is 5.97. The van der Waals surface area contributed by atoms with Crippen LogP contribution in [0.1, 0.15) is 12.0 Å². The van der Waals surface area contributed by atoms with Crippen molar-refractivity contribution < 1.29 is 9.59 Å². The minimum atomic E-state index is -0.232. The van der Waals surface area contributed by atoms with Crippen LogP contribution in [0.5, 0.6) is 0 Å². The average Bonchev–Trinajstić information content (AvgIpc) is 2.86. The molecule has 0 saturated carbocycles. The van der Waals surface area contributed by atoms with Crippen LogP contribution in [0.3, 0.4) is 0 Å². The van der Waals surface area contributed by atoms with Gasteiger partial charge in [0.15, 0.2) is 0 Å². The number of benzene rings is 1. The van der Waals surface area contributed by atoms with E-state index in [0.29, 0.717) is 31.1 Å². The second-order valence-electron chi connectivity index (χ2n) is 6.22. The molecule has 0 aromatic heterocycles. The number of likely N-dealkylation sites (tertiary alicyclic amines) is 1. The number of hydrogen-bond donors (Lipinski definition) is 1. The highest BCUT2D eigenvalue weighted by molar-refractivity contribution is 6.30. The minimum Gasteiger partial charge on any atom is -0.355 e. The number of nitrogens with one attached hydrogen (secondary N) is 1. The van der Waals surface area contributed by atoms with Crippen molar-refractivity contribution in [1.82, 2.24) is 15.1 Å². The molecule has 2 rings (SSSR count). The summed E-state index contributed by atoms with van der Waals surface area (Å²) in [6, 6.07) is 7.65. The molecule has 1 aromatic rings. The van der Waals surface area contributed by atoms with Gasteiger partial charge in [-0.2, -0.15) is 0 Å². The number of carbonyl (C=O) groups excluding carboxylic acids is 2. The van der Waals surface area contributed by atoms with E-state index >= 15 is 0 Å². The van der Waals surface area contributed by atoms with Gasteiger partial charge in [0.2, 0.25) is 11.8 Å². The number of hydrogen-bond acceptors (Lipinski definition) is 3. The third kappa shape index (κ3) is 5.52. The monoisotopic (exact) mass is 337 g/mol. The summed E-state index contributed by atoms with van der Waals surface area (Å²) in [5.41, 5.74) is 1.10. The second-order valence-corrected chi connectivity index (χ2v) is 6.65. The number of amides is 2. The zero-order chi connectivity index (χ0) is 16.8. The summed E-state index contributed by atoms with van der Waals surface area (Å²) in [6.45, 7) is 2.54. The normalized spacial score (nSPS) is 17.8. The van der Waals surface area contributed by atoms with Gasteiger partial charge >= 0.3 is 0 Å². The third-order valence-electron chi connectivity index (χ3n) is 4.00. The predicted octanol–water partition coefficient (Wildman–Crippen LogP) is 1.41. The van der Waals surface area contributed by atoms with Crippen LogP contribution in [0.2, 0.25) is 5.02 Å². The van der Waals surface area contributed by atoms with Crippen LogP contribution in [0, 0.1) is 5.92 Å². The lowest BCUT2D eigenvalue weighted by atomic mass is 10.1. The predicted molar refractivity (Wildman–Crippen MR) is 91.4 cm³/mol. The van der Waals surface area contributed by atoms with Crippen LogP contribution in [0.4, 0.5) is 0 Å². The van der Waals surface area contributed by atoms with Crippen molar-refractivity contribution in [2.24, 2.45) is 5.92 Å². The van der Waals surface area contributed by atoms with Crippen LogP contribution >= 0.6 is 11.6 Å².